The Hall–Kier alpha value is -2.11. The second kappa shape index (κ2) is 7.06. The van der Waals surface area contributed by atoms with Crippen molar-refractivity contribution in [3.63, 3.8) is 0 Å². The highest BCUT2D eigenvalue weighted by Crippen LogP contribution is 2.28. The predicted molar refractivity (Wildman–Crippen MR) is 84.9 cm³/mol. The normalized spacial score (nSPS) is 27.5. The molecule has 0 aromatic heterocycles. The standard InChI is InChI=1S/C16H21N5/c1-4-13-7-6-8-14-12-20(9-10-21(13)14)16(19-5-2)15(11-17)18-3/h1,5,13-14H,3,6-10,12H2,2H3/b16-15+,19-5-. The van der Waals surface area contributed by atoms with E-state index in [1.54, 1.807) is 6.21 Å². The topological polar surface area (TPSA) is 55.0 Å². The molecule has 0 N–H and O–H groups in total. The molecule has 0 aromatic carbocycles. The van der Waals surface area contributed by atoms with E-state index in [-0.39, 0.29) is 11.7 Å². The maximum absolute atomic E-state index is 9.19. The molecule has 2 aliphatic heterocycles. The Morgan fingerprint density at radius 1 is 1.43 bits per heavy atom. The summed E-state index contributed by atoms with van der Waals surface area (Å²) in [5.41, 5.74) is 0.283. The number of terminal acetylenes is 1. The number of fused-ring (bicyclic) bond motifs is 1. The molecule has 5 nitrogen and oxygen atoms in total. The lowest BCUT2D eigenvalue weighted by molar-refractivity contribution is 0.0419. The van der Waals surface area contributed by atoms with Gasteiger partial charge < -0.3 is 4.90 Å². The van der Waals surface area contributed by atoms with E-state index in [2.05, 4.69) is 38.5 Å². The van der Waals surface area contributed by atoms with Gasteiger partial charge >= 0.3 is 0 Å². The van der Waals surface area contributed by atoms with Gasteiger partial charge in [0, 0.05) is 31.9 Å². The second-order valence-electron chi connectivity index (χ2n) is 5.28. The van der Waals surface area contributed by atoms with Crippen LogP contribution in [0, 0.1) is 23.7 Å². The molecule has 2 unspecified atom stereocenters. The third-order valence-electron chi connectivity index (χ3n) is 4.16. The Bertz CT molecular complexity index is 534. The van der Waals surface area contributed by atoms with E-state index in [0.29, 0.717) is 11.9 Å². The molecule has 5 heteroatoms. The fourth-order valence-electron chi connectivity index (χ4n) is 3.19. The zero-order valence-electron chi connectivity index (χ0n) is 12.5. The van der Waals surface area contributed by atoms with Crippen molar-refractivity contribution in [1.82, 2.24) is 9.80 Å². The third-order valence-corrected chi connectivity index (χ3v) is 4.16. The number of hydrogen-bond acceptors (Lipinski definition) is 5. The number of allylic oxidation sites excluding steroid dienone is 1. The van der Waals surface area contributed by atoms with Gasteiger partial charge in [-0.1, -0.05) is 5.92 Å². The minimum absolute atomic E-state index is 0.251. The Balaban J connectivity index is 2.21. The molecule has 0 spiro atoms. The highest BCUT2D eigenvalue weighted by molar-refractivity contribution is 5.56. The van der Waals surface area contributed by atoms with E-state index in [0.717, 1.165) is 38.9 Å². The first-order valence-corrected chi connectivity index (χ1v) is 7.31. The molecule has 2 saturated heterocycles. The monoisotopic (exact) mass is 283 g/mol. The van der Waals surface area contributed by atoms with Gasteiger partial charge in [-0.3, -0.25) is 4.90 Å². The Labute approximate surface area is 126 Å². The minimum atomic E-state index is 0.251. The molecular formula is C16H21N5. The number of nitrogens with zero attached hydrogens (tertiary/aromatic N) is 5. The van der Waals surface area contributed by atoms with E-state index >= 15 is 0 Å². The number of piperidine rings is 1. The van der Waals surface area contributed by atoms with Crippen molar-refractivity contribution in [2.45, 2.75) is 38.3 Å². The molecule has 0 amide bonds. The lowest BCUT2D eigenvalue weighted by atomic mass is 9.93. The SMILES string of the molecule is C#CC1CCCC2CN(C(/N=C\C)=C(\C#N)N=C)CCN12. The Kier molecular flexibility index (Phi) is 5.14. The van der Waals surface area contributed by atoms with E-state index < -0.39 is 0 Å². The fraction of sp³-hybridized carbons (Fsp3) is 0.562. The number of nitriles is 1. The average molecular weight is 283 g/mol. The van der Waals surface area contributed by atoms with Gasteiger partial charge in [-0.25, -0.2) is 9.98 Å². The van der Waals surface area contributed by atoms with Gasteiger partial charge in [0.05, 0.1) is 6.04 Å². The van der Waals surface area contributed by atoms with Gasteiger partial charge in [-0.15, -0.1) is 6.42 Å². The van der Waals surface area contributed by atoms with Crippen LogP contribution in [0.25, 0.3) is 0 Å². The first-order chi connectivity index (χ1) is 10.2. The van der Waals surface area contributed by atoms with Gasteiger partial charge in [-0.05, 0) is 32.9 Å². The van der Waals surface area contributed by atoms with E-state index in [9.17, 15) is 5.26 Å². The second-order valence-corrected chi connectivity index (χ2v) is 5.28. The molecular weight excluding hydrogens is 262 g/mol. The summed E-state index contributed by atoms with van der Waals surface area (Å²) in [6.45, 7) is 7.85. The molecule has 0 radical (unpaired) electrons. The molecule has 0 bridgehead atoms. The van der Waals surface area contributed by atoms with Gasteiger partial charge in [0.25, 0.3) is 0 Å². The van der Waals surface area contributed by atoms with Crippen LogP contribution in [0.3, 0.4) is 0 Å². The molecule has 2 atom stereocenters. The molecule has 0 saturated carbocycles. The van der Waals surface area contributed by atoms with E-state index in [1.807, 2.05) is 6.92 Å². The van der Waals surface area contributed by atoms with Crippen LogP contribution in [-0.2, 0) is 0 Å². The highest BCUT2D eigenvalue weighted by Gasteiger charge is 2.35. The van der Waals surface area contributed by atoms with Crippen LogP contribution in [0.1, 0.15) is 26.2 Å². The summed E-state index contributed by atoms with van der Waals surface area (Å²) >= 11 is 0. The Morgan fingerprint density at radius 3 is 2.86 bits per heavy atom. The zero-order valence-corrected chi connectivity index (χ0v) is 12.5. The van der Waals surface area contributed by atoms with Crippen molar-refractivity contribution in [3.05, 3.63) is 11.5 Å². The first-order valence-electron chi connectivity index (χ1n) is 7.31. The number of aliphatic imine (C=N–C) groups is 2. The molecule has 21 heavy (non-hydrogen) atoms. The summed E-state index contributed by atoms with van der Waals surface area (Å²) < 4.78 is 0. The summed E-state index contributed by atoms with van der Waals surface area (Å²) in [5, 5.41) is 9.19. The minimum Gasteiger partial charge on any atom is -0.351 e. The summed E-state index contributed by atoms with van der Waals surface area (Å²) in [7, 11) is 0. The fourth-order valence-corrected chi connectivity index (χ4v) is 3.19. The largest absolute Gasteiger partial charge is 0.351 e. The lowest BCUT2D eigenvalue weighted by Crippen LogP contribution is -2.57. The summed E-state index contributed by atoms with van der Waals surface area (Å²) in [6, 6.07) is 2.76. The van der Waals surface area contributed by atoms with Gasteiger partial charge in [0.1, 0.15) is 6.07 Å². The lowest BCUT2D eigenvalue weighted by Gasteiger charge is -2.47. The maximum atomic E-state index is 9.19. The van der Waals surface area contributed by atoms with Crippen molar-refractivity contribution in [3.8, 4) is 18.4 Å². The first kappa shape index (κ1) is 15.3. The smallest absolute Gasteiger partial charge is 0.182 e. The van der Waals surface area contributed by atoms with Gasteiger partial charge in [-0.2, -0.15) is 5.26 Å². The molecule has 2 aliphatic rings. The van der Waals surface area contributed by atoms with Crippen LogP contribution >= 0.6 is 0 Å². The Morgan fingerprint density at radius 2 is 2.24 bits per heavy atom. The zero-order chi connectivity index (χ0) is 15.2. The number of piperazine rings is 1. The molecule has 110 valence electrons. The van der Waals surface area contributed by atoms with Gasteiger partial charge in [0.15, 0.2) is 11.5 Å². The third kappa shape index (κ3) is 3.15. The van der Waals surface area contributed by atoms with E-state index in [1.165, 1.54) is 0 Å². The quantitative estimate of drug-likeness (QED) is 0.449. The van der Waals surface area contributed by atoms with Crippen LogP contribution in [0.15, 0.2) is 21.5 Å². The molecule has 2 fully saturated rings. The van der Waals surface area contributed by atoms with Gasteiger partial charge in [0.2, 0.25) is 0 Å². The van der Waals surface area contributed by atoms with Crippen molar-refractivity contribution in [1.29, 1.82) is 5.26 Å². The maximum Gasteiger partial charge on any atom is 0.182 e. The molecule has 0 aromatic rings. The van der Waals surface area contributed by atoms with Crippen molar-refractivity contribution in [2.24, 2.45) is 9.98 Å². The van der Waals surface area contributed by atoms with Crippen molar-refractivity contribution in [2.75, 3.05) is 19.6 Å². The van der Waals surface area contributed by atoms with Crippen LogP contribution < -0.4 is 0 Å². The predicted octanol–water partition coefficient (Wildman–Crippen LogP) is 1.64. The summed E-state index contributed by atoms with van der Waals surface area (Å²) in [4.78, 5) is 12.7. The van der Waals surface area contributed by atoms with Crippen molar-refractivity contribution >= 4 is 12.9 Å². The number of rotatable bonds is 3. The molecule has 2 heterocycles. The average Bonchev–Trinajstić information content (AvgIpc) is 2.54. The summed E-state index contributed by atoms with van der Waals surface area (Å²) in [6.07, 6.45) is 10.7. The molecule has 0 aliphatic carbocycles. The van der Waals surface area contributed by atoms with Crippen LogP contribution in [0.5, 0.6) is 0 Å². The highest BCUT2D eigenvalue weighted by atomic mass is 15.3. The molecule has 2 rings (SSSR count). The van der Waals surface area contributed by atoms with E-state index in [4.69, 9.17) is 6.42 Å². The van der Waals surface area contributed by atoms with Crippen LogP contribution in [-0.4, -0.2) is 54.4 Å². The number of hydrogen-bond donors (Lipinski definition) is 0. The van der Waals surface area contributed by atoms with Crippen LogP contribution in [0.2, 0.25) is 0 Å². The van der Waals surface area contributed by atoms with Crippen molar-refractivity contribution < 1.29 is 0 Å². The summed E-state index contributed by atoms with van der Waals surface area (Å²) in [5.74, 6) is 3.53. The van der Waals surface area contributed by atoms with Crippen LogP contribution in [0.4, 0.5) is 0 Å².